The summed E-state index contributed by atoms with van der Waals surface area (Å²) in [5.74, 6) is -2.05. The van der Waals surface area contributed by atoms with Crippen LogP contribution in [-0.4, -0.2) is 25.4 Å². The fourth-order valence-corrected chi connectivity index (χ4v) is 5.43. The molecule has 2 aromatic carbocycles. The van der Waals surface area contributed by atoms with Crippen molar-refractivity contribution in [3.8, 4) is 10.0 Å². The first-order chi connectivity index (χ1) is 12.5. The van der Waals surface area contributed by atoms with Gasteiger partial charge in [0.2, 0.25) is 0 Å². The molecular formula is C19H12F2N2OSSe. The van der Waals surface area contributed by atoms with Crippen LogP contribution >= 0.6 is 11.3 Å². The van der Waals surface area contributed by atoms with Gasteiger partial charge < -0.3 is 0 Å². The van der Waals surface area contributed by atoms with E-state index in [0.29, 0.717) is 4.44 Å². The molecule has 0 atom stereocenters. The van der Waals surface area contributed by atoms with Crippen molar-refractivity contribution in [2.45, 2.75) is 6.92 Å². The van der Waals surface area contributed by atoms with Crippen molar-refractivity contribution in [3.05, 3.63) is 69.6 Å². The number of carbonyl (C=O) groups is 1. The summed E-state index contributed by atoms with van der Waals surface area (Å²) >= 11 is 1.33. The van der Waals surface area contributed by atoms with Crippen molar-refractivity contribution in [1.82, 2.24) is 4.98 Å². The zero-order chi connectivity index (χ0) is 18.3. The SMILES string of the molecule is Cc1cc2ncsc2cc1-c1ccc(C(=O)Nc2c(F)cccc2F)[se]1. The number of nitrogens with zero attached hydrogens (tertiary/aromatic N) is 1. The van der Waals surface area contributed by atoms with Crippen LogP contribution in [0.4, 0.5) is 14.5 Å². The number of rotatable bonds is 3. The van der Waals surface area contributed by atoms with E-state index in [1.165, 1.54) is 6.07 Å². The molecule has 2 aromatic heterocycles. The van der Waals surface area contributed by atoms with E-state index < -0.39 is 23.2 Å². The maximum absolute atomic E-state index is 13.7. The molecule has 0 saturated heterocycles. The third-order valence-electron chi connectivity index (χ3n) is 3.97. The molecule has 3 nitrogen and oxygen atoms in total. The Bertz CT molecular complexity index is 1120. The number of hydrogen-bond donors (Lipinski definition) is 1. The zero-order valence-corrected chi connectivity index (χ0v) is 16.1. The molecule has 0 bridgehead atoms. The molecule has 0 saturated carbocycles. The Kier molecular flexibility index (Phi) is 4.44. The summed E-state index contributed by atoms with van der Waals surface area (Å²) in [5, 5.41) is 2.35. The Morgan fingerprint density at radius 2 is 1.92 bits per heavy atom. The topological polar surface area (TPSA) is 42.0 Å². The van der Waals surface area contributed by atoms with Crippen LogP contribution < -0.4 is 5.32 Å². The molecule has 0 aliphatic rings. The molecule has 0 radical (unpaired) electrons. The second kappa shape index (κ2) is 6.76. The van der Waals surface area contributed by atoms with Gasteiger partial charge in [-0.25, -0.2) is 0 Å². The molecule has 2 heterocycles. The molecule has 0 spiro atoms. The van der Waals surface area contributed by atoms with Crippen molar-refractivity contribution >= 4 is 47.7 Å². The van der Waals surface area contributed by atoms with E-state index >= 15 is 0 Å². The van der Waals surface area contributed by atoms with E-state index in [4.69, 9.17) is 0 Å². The van der Waals surface area contributed by atoms with Crippen molar-refractivity contribution in [1.29, 1.82) is 0 Å². The van der Waals surface area contributed by atoms with Crippen LogP contribution in [0.3, 0.4) is 0 Å². The first kappa shape index (κ1) is 17.1. The van der Waals surface area contributed by atoms with Gasteiger partial charge in [0.15, 0.2) is 0 Å². The second-order valence-corrected chi connectivity index (χ2v) is 8.86. The molecule has 7 heteroatoms. The number of fused-ring (bicyclic) bond motifs is 1. The molecule has 4 aromatic rings. The standard InChI is InChI=1S/C19H12F2N2OSSe/c1-10-7-14-15(25-9-22-14)8-11(10)16-5-6-17(26-16)19(24)23-18-12(20)3-2-4-13(18)21/h2-9H,1H3,(H,23,24). The van der Waals surface area contributed by atoms with Crippen LogP contribution in [0.5, 0.6) is 0 Å². The number of hydrogen-bond acceptors (Lipinski definition) is 3. The summed E-state index contributed by atoms with van der Waals surface area (Å²) in [4.78, 5) is 16.7. The Morgan fingerprint density at radius 1 is 1.15 bits per heavy atom. The van der Waals surface area contributed by atoms with Gasteiger partial charge in [-0.05, 0) is 0 Å². The van der Waals surface area contributed by atoms with Crippen LogP contribution in [0.1, 0.15) is 14.8 Å². The number of benzene rings is 2. The average molecular weight is 433 g/mol. The number of para-hydroxylation sites is 1. The van der Waals surface area contributed by atoms with E-state index in [-0.39, 0.29) is 14.5 Å². The Hall–Kier alpha value is -2.34. The fraction of sp³-hybridized carbons (Fsp3) is 0.0526. The molecule has 130 valence electrons. The second-order valence-electron chi connectivity index (χ2n) is 5.70. The number of nitrogens with one attached hydrogen (secondary N) is 1. The van der Waals surface area contributed by atoms with Gasteiger partial charge in [-0.1, -0.05) is 0 Å². The fourth-order valence-electron chi connectivity index (χ4n) is 2.67. The molecule has 4 rings (SSSR count). The predicted molar refractivity (Wildman–Crippen MR) is 101 cm³/mol. The van der Waals surface area contributed by atoms with Gasteiger partial charge in [0.25, 0.3) is 0 Å². The van der Waals surface area contributed by atoms with Gasteiger partial charge in [0.05, 0.1) is 0 Å². The molecule has 1 amide bonds. The summed E-state index contributed by atoms with van der Waals surface area (Å²) in [7, 11) is 0. The average Bonchev–Trinajstić information content (AvgIpc) is 3.26. The molecule has 0 unspecified atom stereocenters. The first-order valence-corrected chi connectivity index (χ1v) is 10.3. The summed E-state index contributed by atoms with van der Waals surface area (Å²) < 4.78 is 30.1. The van der Waals surface area contributed by atoms with Crippen molar-refractivity contribution in [2.75, 3.05) is 5.32 Å². The van der Waals surface area contributed by atoms with Crippen LogP contribution in [0.15, 0.2) is 48.0 Å². The van der Waals surface area contributed by atoms with Gasteiger partial charge in [-0.2, -0.15) is 0 Å². The van der Waals surface area contributed by atoms with Crippen molar-refractivity contribution < 1.29 is 13.6 Å². The minimum atomic E-state index is -0.788. The summed E-state index contributed by atoms with van der Waals surface area (Å²) in [6, 6.07) is 11.2. The van der Waals surface area contributed by atoms with Crippen molar-refractivity contribution in [3.63, 3.8) is 0 Å². The Morgan fingerprint density at radius 3 is 2.69 bits per heavy atom. The molecule has 26 heavy (non-hydrogen) atoms. The summed E-state index contributed by atoms with van der Waals surface area (Å²) in [6.07, 6.45) is 0. The molecule has 0 aliphatic heterocycles. The van der Waals surface area contributed by atoms with E-state index in [1.807, 2.05) is 24.6 Å². The number of thiazole rings is 1. The van der Waals surface area contributed by atoms with Gasteiger partial charge in [-0.15, -0.1) is 0 Å². The summed E-state index contributed by atoms with van der Waals surface area (Å²) in [6.45, 7) is 2.01. The van der Waals surface area contributed by atoms with Crippen LogP contribution in [0.2, 0.25) is 0 Å². The number of aromatic nitrogens is 1. The van der Waals surface area contributed by atoms with Gasteiger partial charge in [-0.3, -0.25) is 0 Å². The quantitative estimate of drug-likeness (QED) is 0.469. The Labute approximate surface area is 158 Å². The Balaban J connectivity index is 1.65. The normalized spacial score (nSPS) is 11.0. The number of aryl methyl sites for hydroxylation is 1. The zero-order valence-electron chi connectivity index (χ0n) is 13.5. The minimum absolute atomic E-state index is 0.241. The van der Waals surface area contributed by atoms with Gasteiger partial charge >= 0.3 is 158 Å². The number of amides is 1. The summed E-state index contributed by atoms with van der Waals surface area (Å²) in [5.41, 5.74) is 4.53. The molecule has 0 fully saturated rings. The van der Waals surface area contributed by atoms with E-state index in [9.17, 15) is 13.6 Å². The monoisotopic (exact) mass is 434 g/mol. The van der Waals surface area contributed by atoms with Crippen LogP contribution in [-0.2, 0) is 0 Å². The number of carbonyl (C=O) groups excluding carboxylic acids is 1. The van der Waals surface area contributed by atoms with Crippen molar-refractivity contribution in [2.24, 2.45) is 0 Å². The number of anilines is 1. The van der Waals surface area contributed by atoms with E-state index in [2.05, 4.69) is 16.4 Å². The van der Waals surface area contributed by atoms with E-state index in [1.54, 1.807) is 17.4 Å². The molecule has 0 aliphatic carbocycles. The van der Waals surface area contributed by atoms with Gasteiger partial charge in [0, 0.05) is 0 Å². The first-order valence-electron chi connectivity index (χ1n) is 7.72. The van der Waals surface area contributed by atoms with Crippen LogP contribution in [0, 0.1) is 18.6 Å². The molecule has 1 N–H and O–H groups in total. The maximum atomic E-state index is 13.7. The van der Waals surface area contributed by atoms with E-state index in [0.717, 1.165) is 37.9 Å². The number of halogens is 2. The van der Waals surface area contributed by atoms with Crippen LogP contribution in [0.25, 0.3) is 20.2 Å². The molecular weight excluding hydrogens is 421 g/mol. The third kappa shape index (κ3) is 3.09. The predicted octanol–water partition coefficient (Wildman–Crippen LogP) is 4.86. The van der Waals surface area contributed by atoms with Gasteiger partial charge in [0.1, 0.15) is 0 Å². The third-order valence-corrected chi connectivity index (χ3v) is 7.11.